The van der Waals surface area contributed by atoms with E-state index in [1.54, 1.807) is 13.8 Å². The van der Waals surface area contributed by atoms with Crippen LogP contribution in [-0.2, 0) is 14.3 Å². The van der Waals surface area contributed by atoms with E-state index in [2.05, 4.69) is 24.5 Å². The fourth-order valence-corrected chi connectivity index (χ4v) is 0.843. The van der Waals surface area contributed by atoms with Gasteiger partial charge in [0.15, 0.2) is 0 Å². The van der Waals surface area contributed by atoms with Gasteiger partial charge in [-0.05, 0) is 26.3 Å². The molecule has 0 heterocycles. The summed E-state index contributed by atoms with van der Waals surface area (Å²) < 4.78 is 4.56. The Morgan fingerprint density at radius 2 is 1.59 bits per heavy atom. The molecular weight excluding hydrogens is 280 g/mol. The van der Waals surface area contributed by atoms with Crippen molar-refractivity contribution in [2.24, 2.45) is 0 Å². The fraction of sp³-hybridized carbons (Fsp3) is 0.222. The fourth-order valence-electron chi connectivity index (χ4n) is 0.843. The molecule has 1 aromatic carbocycles. The van der Waals surface area contributed by atoms with Crippen molar-refractivity contribution in [1.29, 1.82) is 0 Å². The molecule has 4 heteroatoms. The van der Waals surface area contributed by atoms with E-state index >= 15 is 0 Å². The maximum absolute atomic E-state index is 10.4. The molecule has 0 bridgehead atoms. The molecule has 0 atom stereocenters. The summed E-state index contributed by atoms with van der Waals surface area (Å²) in [6, 6.07) is 10.0. The van der Waals surface area contributed by atoms with E-state index in [0.29, 0.717) is 12.2 Å². The number of benzene rings is 1. The van der Waals surface area contributed by atoms with Gasteiger partial charge in [0.05, 0.1) is 6.61 Å². The number of hydrogen-bond donors (Lipinski definition) is 1. The Morgan fingerprint density at radius 3 is 1.77 bits per heavy atom. The molecule has 0 aromatic heterocycles. The zero-order chi connectivity index (χ0) is 17.5. The highest BCUT2D eigenvalue weighted by Crippen LogP contribution is 1.97. The van der Waals surface area contributed by atoms with E-state index in [4.69, 9.17) is 5.11 Å². The summed E-state index contributed by atoms with van der Waals surface area (Å²) in [5, 5.41) is 7.89. The van der Waals surface area contributed by atoms with E-state index < -0.39 is 5.97 Å². The quantitative estimate of drug-likeness (QED) is 0.672. The van der Waals surface area contributed by atoms with Gasteiger partial charge in [-0.2, -0.15) is 0 Å². The minimum absolute atomic E-state index is 0.176. The molecule has 22 heavy (non-hydrogen) atoms. The summed E-state index contributed by atoms with van der Waals surface area (Å²) in [5.74, 6) is -1.25. The van der Waals surface area contributed by atoms with Gasteiger partial charge < -0.3 is 9.84 Å². The molecule has 0 aliphatic heterocycles. The average Bonchev–Trinajstić information content (AvgIpc) is 2.49. The van der Waals surface area contributed by atoms with Crippen molar-refractivity contribution < 1.29 is 19.4 Å². The summed E-state index contributed by atoms with van der Waals surface area (Å²) in [6.07, 6.45) is 1.83. The third kappa shape index (κ3) is 13.8. The van der Waals surface area contributed by atoms with Crippen LogP contribution in [0.3, 0.4) is 0 Å². The van der Waals surface area contributed by atoms with Crippen LogP contribution in [0.4, 0.5) is 0 Å². The average molecular weight is 304 g/mol. The van der Waals surface area contributed by atoms with E-state index in [9.17, 15) is 9.59 Å². The van der Waals surface area contributed by atoms with Crippen molar-refractivity contribution in [3.8, 4) is 0 Å². The molecule has 1 N–H and O–H groups in total. The maximum atomic E-state index is 10.4. The number of carboxylic acid groups (broad SMARTS) is 1. The van der Waals surface area contributed by atoms with E-state index in [1.807, 2.05) is 36.4 Å². The second kappa shape index (κ2) is 13.4. The van der Waals surface area contributed by atoms with Crippen LogP contribution in [0.5, 0.6) is 0 Å². The Balaban J connectivity index is 0. The molecule has 0 unspecified atom stereocenters. The van der Waals surface area contributed by atoms with Crippen molar-refractivity contribution in [1.82, 2.24) is 0 Å². The first-order valence-electron chi connectivity index (χ1n) is 6.65. The molecular formula is C18H24O4. The lowest BCUT2D eigenvalue weighted by Gasteiger charge is -1.96. The normalized spacial score (nSPS) is 8.14. The lowest BCUT2D eigenvalue weighted by atomic mass is 10.2. The largest absolute Gasteiger partial charge is 0.478 e. The number of aliphatic carboxylic acids is 1. The van der Waals surface area contributed by atoms with Crippen LogP contribution in [0.2, 0.25) is 0 Å². The Morgan fingerprint density at radius 1 is 1.14 bits per heavy atom. The van der Waals surface area contributed by atoms with Crippen LogP contribution in [0.1, 0.15) is 26.3 Å². The van der Waals surface area contributed by atoms with Gasteiger partial charge in [0.2, 0.25) is 0 Å². The zero-order valence-electron chi connectivity index (χ0n) is 13.5. The Kier molecular flexibility index (Phi) is 13.2. The van der Waals surface area contributed by atoms with Crippen LogP contribution < -0.4 is 0 Å². The molecule has 0 radical (unpaired) electrons. The molecule has 120 valence electrons. The predicted molar refractivity (Wildman–Crippen MR) is 90.4 cm³/mol. The first kappa shape index (κ1) is 21.7. The minimum Gasteiger partial charge on any atom is -0.478 e. The molecule has 0 saturated carbocycles. The Bertz CT molecular complexity index is 489. The van der Waals surface area contributed by atoms with Gasteiger partial charge in [-0.3, -0.25) is 0 Å². The van der Waals surface area contributed by atoms with Crippen LogP contribution in [-0.4, -0.2) is 23.7 Å². The van der Waals surface area contributed by atoms with Gasteiger partial charge in [-0.1, -0.05) is 56.1 Å². The third-order valence-electron chi connectivity index (χ3n) is 2.02. The van der Waals surface area contributed by atoms with Crippen LogP contribution in [0, 0.1) is 0 Å². The van der Waals surface area contributed by atoms with Gasteiger partial charge >= 0.3 is 11.9 Å². The first-order valence-corrected chi connectivity index (χ1v) is 6.65. The van der Waals surface area contributed by atoms with Crippen molar-refractivity contribution in [2.45, 2.75) is 20.8 Å². The van der Waals surface area contributed by atoms with Crippen LogP contribution >= 0.6 is 0 Å². The molecule has 1 rings (SSSR count). The standard InChI is InChI=1S/C8H8.C6H10O2.C4H6O2/c1-2-8-6-4-3-5-7-8;1-4-8-6(7)5(2)3;1-3(2)4(5)6/h2-7H,1H2;2,4H2,1,3H3;1H2,2H3,(H,5,6). The summed E-state index contributed by atoms with van der Waals surface area (Å²) in [7, 11) is 0. The topological polar surface area (TPSA) is 63.6 Å². The predicted octanol–water partition coefficient (Wildman–Crippen LogP) is 4.10. The third-order valence-corrected chi connectivity index (χ3v) is 2.02. The van der Waals surface area contributed by atoms with Gasteiger partial charge in [-0.25, -0.2) is 9.59 Å². The van der Waals surface area contributed by atoms with Gasteiger partial charge in [0.25, 0.3) is 0 Å². The lowest BCUT2D eigenvalue weighted by Crippen LogP contribution is -2.03. The van der Waals surface area contributed by atoms with Crippen LogP contribution in [0.15, 0.2) is 61.2 Å². The number of rotatable bonds is 4. The van der Waals surface area contributed by atoms with E-state index in [1.165, 1.54) is 12.5 Å². The van der Waals surface area contributed by atoms with E-state index in [0.717, 1.165) is 0 Å². The second-order valence-electron chi connectivity index (χ2n) is 4.20. The number of esters is 1. The molecule has 0 aliphatic carbocycles. The van der Waals surface area contributed by atoms with E-state index in [-0.39, 0.29) is 11.5 Å². The summed E-state index contributed by atoms with van der Waals surface area (Å²) >= 11 is 0. The molecule has 0 saturated heterocycles. The minimum atomic E-state index is -0.935. The summed E-state index contributed by atoms with van der Waals surface area (Å²) in [4.78, 5) is 20.0. The van der Waals surface area contributed by atoms with Gasteiger partial charge in [0.1, 0.15) is 0 Å². The number of carboxylic acids is 1. The lowest BCUT2D eigenvalue weighted by molar-refractivity contribution is -0.138. The maximum Gasteiger partial charge on any atom is 0.333 e. The SMILES string of the molecule is C=C(C)C(=O)O.C=C(C)C(=O)OCC.C=Cc1ccccc1. The van der Waals surface area contributed by atoms with Gasteiger partial charge in [0, 0.05) is 11.1 Å². The van der Waals surface area contributed by atoms with Gasteiger partial charge in [-0.15, -0.1) is 0 Å². The summed E-state index contributed by atoms with van der Waals surface area (Å²) in [5.41, 5.74) is 1.80. The highest BCUT2D eigenvalue weighted by atomic mass is 16.5. The summed E-state index contributed by atoms with van der Waals surface area (Å²) in [6.45, 7) is 15.4. The highest BCUT2D eigenvalue weighted by molar-refractivity contribution is 5.86. The molecule has 0 aliphatic rings. The number of hydrogen-bond acceptors (Lipinski definition) is 3. The molecule has 0 spiro atoms. The Labute approximate surface area is 132 Å². The second-order valence-corrected chi connectivity index (χ2v) is 4.20. The number of carbonyl (C=O) groups is 2. The van der Waals surface area contributed by atoms with Crippen molar-refractivity contribution in [3.63, 3.8) is 0 Å². The Hall–Kier alpha value is -2.62. The monoisotopic (exact) mass is 304 g/mol. The number of ether oxygens (including phenoxy) is 1. The highest BCUT2D eigenvalue weighted by Gasteiger charge is 1.98. The molecule has 4 nitrogen and oxygen atoms in total. The molecule has 0 amide bonds. The zero-order valence-corrected chi connectivity index (χ0v) is 13.5. The smallest absolute Gasteiger partial charge is 0.333 e. The van der Waals surface area contributed by atoms with Crippen LogP contribution in [0.25, 0.3) is 6.08 Å². The molecule has 0 fully saturated rings. The number of carbonyl (C=O) groups excluding carboxylic acids is 1. The van der Waals surface area contributed by atoms with Crippen molar-refractivity contribution in [2.75, 3.05) is 6.61 Å². The van der Waals surface area contributed by atoms with Crippen molar-refractivity contribution >= 4 is 18.0 Å². The first-order chi connectivity index (χ1) is 10.3. The molecule has 1 aromatic rings. The van der Waals surface area contributed by atoms with Crippen molar-refractivity contribution in [3.05, 3.63) is 66.8 Å².